The van der Waals surface area contributed by atoms with Crippen LogP contribution >= 0.6 is 0 Å². The highest BCUT2D eigenvalue weighted by Crippen LogP contribution is 2.24. The molecule has 0 spiro atoms. The topological polar surface area (TPSA) is 65.4 Å². The van der Waals surface area contributed by atoms with Crippen molar-refractivity contribution in [3.05, 3.63) is 29.3 Å². The van der Waals surface area contributed by atoms with Crippen molar-refractivity contribution in [1.82, 2.24) is 10.2 Å². The van der Waals surface area contributed by atoms with Gasteiger partial charge in [-0.2, -0.15) is 5.26 Å². The zero-order chi connectivity index (χ0) is 14.8. The molecule has 1 unspecified atom stereocenters. The summed E-state index contributed by atoms with van der Waals surface area (Å²) in [5, 5.41) is 12.4. The van der Waals surface area contributed by atoms with Crippen molar-refractivity contribution in [1.29, 1.82) is 5.26 Å². The minimum absolute atomic E-state index is 0.0560. The van der Waals surface area contributed by atoms with Gasteiger partial charge in [0, 0.05) is 13.1 Å². The Labute approximate surface area is 124 Å². The molecular formula is C16H19N3O2. The Morgan fingerprint density at radius 2 is 2.33 bits per heavy atom. The van der Waals surface area contributed by atoms with Gasteiger partial charge in [-0.05, 0) is 42.5 Å². The van der Waals surface area contributed by atoms with Crippen LogP contribution in [0.5, 0.6) is 5.75 Å². The van der Waals surface area contributed by atoms with Crippen molar-refractivity contribution in [3.63, 3.8) is 0 Å². The maximum atomic E-state index is 12.6. The fourth-order valence-corrected chi connectivity index (χ4v) is 3.16. The highest BCUT2D eigenvalue weighted by atomic mass is 16.5. The van der Waals surface area contributed by atoms with Gasteiger partial charge in [-0.15, -0.1) is 0 Å². The van der Waals surface area contributed by atoms with Crippen molar-refractivity contribution < 1.29 is 9.53 Å². The van der Waals surface area contributed by atoms with Crippen molar-refractivity contribution in [3.8, 4) is 11.8 Å². The highest BCUT2D eigenvalue weighted by molar-refractivity contribution is 5.83. The van der Waals surface area contributed by atoms with Crippen LogP contribution in [0.2, 0.25) is 0 Å². The number of fused-ring (bicyclic) bond motifs is 1. The van der Waals surface area contributed by atoms with Gasteiger partial charge in [0.1, 0.15) is 11.8 Å². The molecule has 0 saturated carbocycles. The molecule has 1 fully saturated rings. The van der Waals surface area contributed by atoms with Crippen LogP contribution in [-0.2, 0) is 17.8 Å². The van der Waals surface area contributed by atoms with Crippen molar-refractivity contribution >= 4 is 5.91 Å². The number of nitriles is 1. The number of rotatable bonds is 2. The molecule has 0 aliphatic carbocycles. The molecule has 1 aromatic rings. The number of hydrogen-bond acceptors (Lipinski definition) is 4. The normalized spacial score (nSPS) is 24.3. The minimum Gasteiger partial charge on any atom is -0.497 e. The molecule has 0 bridgehead atoms. The second-order valence-corrected chi connectivity index (χ2v) is 5.59. The summed E-state index contributed by atoms with van der Waals surface area (Å²) in [6.07, 6.45) is 2.39. The van der Waals surface area contributed by atoms with Crippen LogP contribution in [0, 0.1) is 11.3 Å². The van der Waals surface area contributed by atoms with Crippen LogP contribution in [-0.4, -0.2) is 36.5 Å². The summed E-state index contributed by atoms with van der Waals surface area (Å²) in [6, 6.07) is 7.72. The lowest BCUT2D eigenvalue weighted by Crippen LogP contribution is -2.50. The quantitative estimate of drug-likeness (QED) is 0.887. The molecule has 0 radical (unpaired) electrons. The summed E-state index contributed by atoms with van der Waals surface area (Å²) in [5.74, 6) is 0.893. The first-order chi connectivity index (χ1) is 10.2. The van der Waals surface area contributed by atoms with Crippen LogP contribution in [0.4, 0.5) is 0 Å². The SMILES string of the molecule is COc1ccc2c(c1)CN[C@H](C(=O)N1CCCC1C#N)C2. The molecule has 1 saturated heterocycles. The van der Waals surface area contributed by atoms with Gasteiger partial charge in [0.15, 0.2) is 0 Å². The lowest BCUT2D eigenvalue weighted by molar-refractivity contribution is -0.133. The summed E-state index contributed by atoms with van der Waals surface area (Å²) in [7, 11) is 1.65. The Morgan fingerprint density at radius 1 is 1.48 bits per heavy atom. The molecule has 0 aromatic heterocycles. The van der Waals surface area contributed by atoms with Crippen LogP contribution < -0.4 is 10.1 Å². The molecular weight excluding hydrogens is 266 g/mol. The van der Waals surface area contributed by atoms with Crippen molar-refractivity contribution in [2.45, 2.75) is 37.9 Å². The number of likely N-dealkylation sites (tertiary alicyclic amines) is 1. The Bertz CT molecular complexity index is 594. The largest absolute Gasteiger partial charge is 0.497 e. The molecule has 2 atom stereocenters. The van der Waals surface area contributed by atoms with Gasteiger partial charge < -0.3 is 15.0 Å². The van der Waals surface area contributed by atoms with E-state index in [9.17, 15) is 4.79 Å². The zero-order valence-corrected chi connectivity index (χ0v) is 12.1. The van der Waals surface area contributed by atoms with E-state index in [1.807, 2.05) is 18.2 Å². The van der Waals surface area contributed by atoms with Gasteiger partial charge in [0.05, 0.1) is 19.2 Å². The molecule has 110 valence electrons. The molecule has 2 aliphatic heterocycles. The smallest absolute Gasteiger partial charge is 0.241 e. The molecule has 21 heavy (non-hydrogen) atoms. The van der Waals surface area contributed by atoms with E-state index in [1.165, 1.54) is 11.1 Å². The summed E-state index contributed by atoms with van der Waals surface area (Å²) in [5.41, 5.74) is 2.36. The fraction of sp³-hybridized carbons (Fsp3) is 0.500. The maximum absolute atomic E-state index is 12.6. The van der Waals surface area contributed by atoms with Crippen molar-refractivity contribution in [2.75, 3.05) is 13.7 Å². The van der Waals surface area contributed by atoms with Gasteiger partial charge in [-0.1, -0.05) is 6.07 Å². The predicted octanol–water partition coefficient (Wildman–Crippen LogP) is 1.22. The fourth-order valence-electron chi connectivity index (χ4n) is 3.16. The zero-order valence-electron chi connectivity index (χ0n) is 12.1. The van der Waals surface area contributed by atoms with E-state index in [0.29, 0.717) is 19.5 Å². The average Bonchev–Trinajstić information content (AvgIpc) is 3.01. The van der Waals surface area contributed by atoms with E-state index >= 15 is 0 Å². The molecule has 2 aliphatic rings. The molecule has 2 heterocycles. The van der Waals surface area contributed by atoms with E-state index in [-0.39, 0.29) is 18.0 Å². The van der Waals surface area contributed by atoms with Gasteiger partial charge in [0.2, 0.25) is 5.91 Å². The van der Waals surface area contributed by atoms with E-state index in [1.54, 1.807) is 12.0 Å². The van der Waals surface area contributed by atoms with E-state index < -0.39 is 0 Å². The lowest BCUT2D eigenvalue weighted by Gasteiger charge is -2.30. The maximum Gasteiger partial charge on any atom is 0.241 e. The summed E-state index contributed by atoms with van der Waals surface area (Å²) in [4.78, 5) is 14.3. The number of nitrogens with one attached hydrogen (secondary N) is 1. The van der Waals surface area contributed by atoms with E-state index in [2.05, 4.69) is 11.4 Å². The lowest BCUT2D eigenvalue weighted by atomic mass is 9.94. The van der Waals surface area contributed by atoms with Gasteiger partial charge >= 0.3 is 0 Å². The Hall–Kier alpha value is -2.06. The first-order valence-electron chi connectivity index (χ1n) is 7.32. The molecule has 5 heteroatoms. The monoisotopic (exact) mass is 285 g/mol. The van der Waals surface area contributed by atoms with Gasteiger partial charge in [0.25, 0.3) is 0 Å². The number of carbonyl (C=O) groups excluding carboxylic acids is 1. The summed E-state index contributed by atoms with van der Waals surface area (Å²) < 4.78 is 5.23. The average molecular weight is 285 g/mol. The molecule has 1 aromatic carbocycles. The number of carbonyl (C=O) groups is 1. The third-order valence-corrected chi connectivity index (χ3v) is 4.36. The first kappa shape index (κ1) is 13.9. The van der Waals surface area contributed by atoms with Gasteiger partial charge in [-0.3, -0.25) is 4.79 Å². The predicted molar refractivity (Wildman–Crippen MR) is 77.7 cm³/mol. The second kappa shape index (κ2) is 5.74. The van der Waals surface area contributed by atoms with Crippen molar-refractivity contribution in [2.24, 2.45) is 0 Å². The van der Waals surface area contributed by atoms with E-state index in [0.717, 1.165) is 18.6 Å². The number of benzene rings is 1. The number of amides is 1. The Balaban J connectivity index is 1.74. The van der Waals surface area contributed by atoms with Crippen LogP contribution in [0.3, 0.4) is 0 Å². The Kier molecular flexibility index (Phi) is 3.80. The third-order valence-electron chi connectivity index (χ3n) is 4.36. The third kappa shape index (κ3) is 2.59. The van der Waals surface area contributed by atoms with E-state index in [4.69, 9.17) is 10.00 Å². The molecule has 5 nitrogen and oxygen atoms in total. The minimum atomic E-state index is -0.253. The second-order valence-electron chi connectivity index (χ2n) is 5.59. The van der Waals surface area contributed by atoms with Crippen LogP contribution in [0.1, 0.15) is 24.0 Å². The molecule has 3 rings (SSSR count). The summed E-state index contributed by atoms with van der Waals surface area (Å²) >= 11 is 0. The number of nitrogens with zero attached hydrogens (tertiary/aromatic N) is 2. The molecule has 1 amide bonds. The number of methoxy groups -OCH3 is 1. The standard InChI is InChI=1S/C16H19N3O2/c1-21-14-5-4-11-8-15(18-10-12(11)7-14)16(20)19-6-2-3-13(19)9-17/h4-5,7,13,15,18H,2-3,6,8,10H2,1H3/t13?,15-/m0/s1. The van der Waals surface area contributed by atoms with Gasteiger partial charge in [-0.25, -0.2) is 0 Å². The molecule has 1 N–H and O–H groups in total. The first-order valence-corrected chi connectivity index (χ1v) is 7.32. The van der Waals surface area contributed by atoms with Crippen LogP contribution in [0.25, 0.3) is 0 Å². The van der Waals surface area contributed by atoms with Crippen LogP contribution in [0.15, 0.2) is 18.2 Å². The number of hydrogen-bond donors (Lipinski definition) is 1. The number of ether oxygens (including phenoxy) is 1. The highest BCUT2D eigenvalue weighted by Gasteiger charge is 2.34. The Morgan fingerprint density at radius 3 is 3.10 bits per heavy atom. The summed E-state index contributed by atoms with van der Waals surface area (Å²) in [6.45, 7) is 1.36.